The first-order chi connectivity index (χ1) is 69.3. The van der Waals surface area contributed by atoms with Gasteiger partial charge in [0.2, 0.25) is 35.4 Å². The Morgan fingerprint density at radius 3 is 1.24 bits per heavy atom. The van der Waals surface area contributed by atoms with Gasteiger partial charge in [-0.15, -0.1) is 35.3 Å². The zero-order chi connectivity index (χ0) is 101. The number of thioether (sulfide) groups is 3. The second-order valence-corrected chi connectivity index (χ2v) is 49.7. The Balaban J connectivity index is 0.000000183. The van der Waals surface area contributed by atoms with E-state index in [1.165, 1.54) is 98.4 Å². The van der Waals surface area contributed by atoms with Gasteiger partial charge >= 0.3 is 17.8 Å². The summed E-state index contributed by atoms with van der Waals surface area (Å²) >= 11 is 4.82. The third kappa shape index (κ3) is 24.9. The van der Waals surface area contributed by atoms with Gasteiger partial charge in [0.25, 0.3) is 0 Å². The topological polar surface area (TPSA) is 257 Å². The quantitative estimate of drug-likeness (QED) is 0.0538. The molecule has 1 saturated carbocycles. The number of imidazole rings is 1. The summed E-state index contributed by atoms with van der Waals surface area (Å²) in [6.45, 7) is 38.4. The third-order valence-electron chi connectivity index (χ3n) is 32.2. The van der Waals surface area contributed by atoms with Gasteiger partial charge in [-0.3, -0.25) is 43.2 Å². The number of halogens is 1. The first-order valence-corrected chi connectivity index (χ1v) is 56.6. The number of likely N-dealkylation sites (tertiary alicyclic amines) is 4. The number of piperazine rings is 2. The van der Waals surface area contributed by atoms with Crippen LogP contribution in [0.5, 0.6) is 0 Å². The van der Waals surface area contributed by atoms with Gasteiger partial charge in [0, 0.05) is 240 Å². The standard InChI is InChI=1S/C38H51FN6O3S.C38H53N7O3S.C36H50N6O3S.5H2/c1-38(2,3)16-20-45-35(47)32(49-36(45)29-8-6-9-30(39)34(29)43-23-21-41(22-24-43)27-11-12-27)25-33(46)42-17-14-28(15-18-42)44-19-13-26-7-4-5-10-31(26)40-37(44)48;1-38(2,3)17-25-44-35(47)32(26-33(46)43-23-15-28(16-24-43)45-31-12-9-18-39-34(31)40-37(45)48)49-36(44)29-10-5-6-11-30(29)42-21-13-27(14-22-42)41-19-7-4-8-20-41;1-36(2,3)16-20-42-33(44)31(46-34(42)28-10-6-8-12-30(28)39-23-21-38(4)22-24-39)25-32(43)40-17-14-27(15-18-40)41-19-13-26-9-5-7-11-29(26)37-35(41)45;;;;;/h4-10,27-28,32,36H,11-25H2,1-3H3,(H,40,48);5-6,9-12,18,27-28,32,36H,4,7-8,13-17,19-26H2,1-3H3,(H,39,40,48);5-12,27,31,34H,13-25H2,1-4H3,(H,37,45);5*1H/t;;31-,34+;;;;;/m..1...../s1. The number of carbonyl (C=O) groups is 8. The maximum Gasteiger partial charge on any atom is 0.327 e. The molecule has 10 amide bonds. The molecule has 2 aromatic heterocycles. The summed E-state index contributed by atoms with van der Waals surface area (Å²) in [5, 5.41) is 4.25. The van der Waals surface area contributed by atoms with Gasteiger partial charge in [-0.25, -0.2) is 23.8 Å². The van der Waals surface area contributed by atoms with E-state index in [1.807, 2.05) is 88.9 Å². The maximum absolute atomic E-state index is 15.7. The molecule has 7 aromatic rings. The number of benzene rings is 5. The van der Waals surface area contributed by atoms with Gasteiger partial charge in [0.15, 0.2) is 5.65 Å². The number of hydrogen-bond donors (Lipinski definition) is 3. The average Bonchev–Trinajstić information content (AvgIpc) is 1.64. The van der Waals surface area contributed by atoms with Crippen molar-refractivity contribution in [2.24, 2.45) is 16.2 Å². The zero-order valence-corrected chi connectivity index (χ0v) is 89.0. The fourth-order valence-electron chi connectivity index (χ4n) is 23.4. The number of carbonyl (C=O) groups excluding carboxylic acids is 8. The number of likely N-dealkylation sites (N-methyl/N-ethyl adjacent to an activating group) is 1. The molecule has 10 saturated heterocycles. The number of aromatic nitrogens is 3. The minimum atomic E-state index is -0.520. The van der Waals surface area contributed by atoms with Crippen molar-refractivity contribution in [3.8, 4) is 0 Å². The second-order valence-electron chi connectivity index (χ2n) is 45.8. The van der Waals surface area contributed by atoms with E-state index in [-0.39, 0.29) is 136 Å². The van der Waals surface area contributed by atoms with E-state index in [1.54, 1.807) is 40.4 Å². The van der Waals surface area contributed by atoms with Crippen LogP contribution in [0, 0.1) is 22.1 Å². The van der Waals surface area contributed by atoms with Gasteiger partial charge in [-0.05, 0) is 199 Å². The van der Waals surface area contributed by atoms with E-state index >= 15 is 4.39 Å². The van der Waals surface area contributed by atoms with E-state index in [4.69, 9.17) is 0 Å². The van der Waals surface area contributed by atoms with Crippen molar-refractivity contribution < 1.29 is 49.9 Å². The van der Waals surface area contributed by atoms with Crippen LogP contribution in [0.25, 0.3) is 11.2 Å². The molecule has 32 heteroatoms. The highest BCUT2D eigenvalue weighted by molar-refractivity contribution is 8.01. The summed E-state index contributed by atoms with van der Waals surface area (Å²) in [7, 11) is 2.16. The van der Waals surface area contributed by atoms with E-state index in [9.17, 15) is 43.2 Å². The fourth-order valence-corrected chi connectivity index (χ4v) is 27.9. The molecule has 0 radical (unpaired) electrons. The third-order valence-corrected chi connectivity index (χ3v) is 36.6. The number of urea groups is 2. The van der Waals surface area contributed by atoms with Crippen LogP contribution >= 0.6 is 35.3 Å². The SMILES string of the molecule is CC(C)(C)CCN1C(=O)C(CC(=O)N2CCC(N3CCc4ccccc4NC3=O)CC2)SC1c1cccc(F)c1N1CCN(C2CC2)CC1.CC(C)(C)CCN1C(=O)C(CC(=O)N2CCC(n3c(=O)[nH]c4ncccc43)CC2)SC1c1ccccc1N1CCC(N2CCCCC2)CC1.CN1CCN(c2ccccc2[C@@H]2S[C@H](CC(=O)N3CCC(N4CCc5ccccc5NC4=O)CC3)C(=O)N2CCC(C)(C)C)CC1.[HH].[HH].[HH].[HH].[HH]. The van der Waals surface area contributed by atoms with Gasteiger partial charge in [0.1, 0.15) is 21.9 Å². The van der Waals surface area contributed by atoms with Crippen LogP contribution in [-0.2, 0) is 41.6 Å². The van der Waals surface area contributed by atoms with Gasteiger partial charge < -0.3 is 74.3 Å². The molecule has 0 bridgehead atoms. The van der Waals surface area contributed by atoms with E-state index in [2.05, 4.69) is 185 Å². The Morgan fingerprint density at radius 2 is 0.785 bits per heavy atom. The maximum atomic E-state index is 15.7. The Kier molecular flexibility index (Phi) is 33.2. The van der Waals surface area contributed by atoms with E-state index < -0.39 is 15.7 Å². The lowest BCUT2D eigenvalue weighted by Crippen LogP contribution is -2.50. The smallest absolute Gasteiger partial charge is 0.327 e. The molecule has 0 spiro atoms. The molecular formula is C112H164FN19O9S3. The lowest BCUT2D eigenvalue weighted by Gasteiger charge is -2.42. The number of aromatic amines is 1. The van der Waals surface area contributed by atoms with Crippen molar-refractivity contribution in [2.75, 3.05) is 183 Å². The average molecular weight is 2040 g/mol. The number of rotatable bonds is 23. The van der Waals surface area contributed by atoms with E-state index in [0.717, 1.165) is 144 Å². The number of amides is 10. The molecule has 3 N–H and O–H groups in total. The molecule has 20 rings (SSSR count). The zero-order valence-electron chi connectivity index (χ0n) is 86.6. The number of anilines is 5. The number of para-hydroxylation sites is 5. The molecular weight excluding hydrogens is 1870 g/mol. The molecule has 11 fully saturated rings. The minimum Gasteiger partial charge on any atom is -0.371 e. The molecule has 28 nitrogen and oxygen atoms in total. The van der Waals surface area contributed by atoms with Crippen molar-refractivity contribution in [3.63, 3.8) is 0 Å². The van der Waals surface area contributed by atoms with Gasteiger partial charge in [-0.2, -0.15) is 0 Å². The number of pyridine rings is 1. The number of H-pyrrole nitrogens is 1. The molecule has 12 aliphatic heterocycles. The molecule has 6 atom stereocenters. The Labute approximate surface area is 871 Å². The summed E-state index contributed by atoms with van der Waals surface area (Å²) in [4.78, 5) is 160. The van der Waals surface area contributed by atoms with Crippen LogP contribution in [0.3, 0.4) is 0 Å². The van der Waals surface area contributed by atoms with Crippen LogP contribution in [0.1, 0.15) is 241 Å². The highest BCUT2D eigenvalue weighted by Gasteiger charge is 2.50. The number of piperidine rings is 5. The number of nitrogens with zero attached hydrogens (tertiary/aromatic N) is 16. The first kappa shape index (κ1) is 104. The normalized spacial score (nSPS) is 23.7. The minimum absolute atomic E-state index is 0. The monoisotopic (exact) mass is 2030 g/mol. The molecule has 4 unspecified atom stereocenters. The van der Waals surface area contributed by atoms with Crippen LogP contribution in [0.4, 0.5) is 42.4 Å². The van der Waals surface area contributed by atoms with Crippen LogP contribution < -0.4 is 31.0 Å². The lowest BCUT2D eigenvalue weighted by atomic mass is 9.92. The molecule has 5 aromatic carbocycles. The number of nitrogens with one attached hydrogen (secondary N) is 3. The predicted molar refractivity (Wildman–Crippen MR) is 587 cm³/mol. The molecule has 144 heavy (non-hydrogen) atoms. The molecule has 1 aliphatic carbocycles. The second kappa shape index (κ2) is 45.9. The molecule has 14 heterocycles. The lowest BCUT2D eigenvalue weighted by molar-refractivity contribution is -0.137. The Bertz CT molecular complexity index is 5760. The molecule has 786 valence electrons. The van der Waals surface area contributed by atoms with Crippen LogP contribution in [0.15, 0.2) is 138 Å². The number of hydrogen-bond acceptors (Lipinski definition) is 19. The summed E-state index contributed by atoms with van der Waals surface area (Å²) in [6, 6.07) is 43.6. The van der Waals surface area contributed by atoms with Crippen molar-refractivity contribution in [1.82, 2.24) is 68.4 Å². The Hall–Kier alpha value is -9.86. The van der Waals surface area contributed by atoms with Crippen LogP contribution in [-0.4, -0.2) is 313 Å². The number of fused-ring (bicyclic) bond motifs is 3. The highest BCUT2D eigenvalue weighted by atomic mass is 32.2. The highest BCUT2D eigenvalue weighted by Crippen LogP contribution is 2.53. The van der Waals surface area contributed by atoms with E-state index in [0.29, 0.717) is 121 Å². The van der Waals surface area contributed by atoms with Crippen LogP contribution in [0.2, 0.25) is 0 Å². The largest absolute Gasteiger partial charge is 0.371 e. The van der Waals surface area contributed by atoms with Crippen molar-refractivity contribution in [3.05, 3.63) is 178 Å². The predicted octanol–water partition coefficient (Wildman–Crippen LogP) is 18.3. The van der Waals surface area contributed by atoms with Crippen molar-refractivity contribution in [1.29, 1.82) is 0 Å². The van der Waals surface area contributed by atoms with Gasteiger partial charge in [0.05, 0.1) is 27.0 Å². The summed E-state index contributed by atoms with van der Waals surface area (Å²) in [5.41, 5.74) is 11.8. The Morgan fingerprint density at radius 1 is 0.396 bits per heavy atom. The first-order valence-electron chi connectivity index (χ1n) is 53.7. The fraction of sp³-hybridized carbons (Fsp3) is 0.607. The summed E-state index contributed by atoms with van der Waals surface area (Å²) in [5.74, 6) is -0.0651. The van der Waals surface area contributed by atoms with Gasteiger partial charge in [-0.1, -0.05) is 154 Å². The summed E-state index contributed by atoms with van der Waals surface area (Å²) < 4.78 is 17.5. The van der Waals surface area contributed by atoms with Crippen molar-refractivity contribution in [2.45, 2.75) is 259 Å². The summed E-state index contributed by atoms with van der Waals surface area (Å²) in [6.07, 6.45) is 19.7. The van der Waals surface area contributed by atoms with Crippen molar-refractivity contribution >= 4 is 122 Å². The molecule has 13 aliphatic rings.